The minimum atomic E-state index is 0.0173. The van der Waals surface area contributed by atoms with Crippen LogP contribution in [0, 0.1) is 0 Å². The number of furan rings is 1. The van der Waals surface area contributed by atoms with Crippen LogP contribution in [0.2, 0.25) is 0 Å². The molecule has 0 amide bonds. The molecule has 0 atom stereocenters. The second-order valence-corrected chi connectivity index (χ2v) is 17.4. The van der Waals surface area contributed by atoms with E-state index in [1.54, 1.807) is 0 Å². The van der Waals surface area contributed by atoms with Crippen molar-refractivity contribution in [1.29, 1.82) is 0 Å². The largest absolute Gasteiger partial charge is 0.456 e. The molecule has 2 aliphatic carbocycles. The van der Waals surface area contributed by atoms with E-state index in [-0.39, 0.29) is 10.8 Å². The molecule has 0 fully saturated rings. The van der Waals surface area contributed by atoms with Gasteiger partial charge in [0, 0.05) is 33.2 Å². The van der Waals surface area contributed by atoms with E-state index in [0.717, 1.165) is 38.9 Å². The molecule has 0 saturated carbocycles. The molecule has 2 aliphatic rings. The molecule has 1 heterocycles. The summed E-state index contributed by atoms with van der Waals surface area (Å²) in [5.74, 6) is 0. The highest BCUT2D eigenvalue weighted by Gasteiger charge is 2.32. The highest BCUT2D eigenvalue weighted by atomic mass is 16.3. The zero-order chi connectivity index (χ0) is 38.3. The first-order chi connectivity index (χ1) is 27.0. The Balaban J connectivity index is 1.16. The SMILES string of the molecule is CC(C)(C)c1cc(-c2cccc3cccc(-c4ccccc4N(c4cccc(-c5ccc6oc7ccccc7c6c5)c4)c4c5cccc4-5)c23)cc(C(C)(C)C)c1. The van der Waals surface area contributed by atoms with Crippen molar-refractivity contribution < 1.29 is 4.42 Å². The van der Waals surface area contributed by atoms with Crippen LogP contribution in [0.5, 0.6) is 0 Å². The number of anilines is 3. The van der Waals surface area contributed by atoms with E-state index in [9.17, 15) is 0 Å². The molecule has 272 valence electrons. The van der Waals surface area contributed by atoms with Crippen LogP contribution >= 0.6 is 0 Å². The number of para-hydroxylation sites is 3. The first kappa shape index (κ1) is 34.1. The summed E-state index contributed by atoms with van der Waals surface area (Å²) in [4.78, 5) is 2.48. The predicted molar refractivity (Wildman–Crippen MR) is 239 cm³/mol. The molecule has 10 rings (SSSR count). The summed E-state index contributed by atoms with van der Waals surface area (Å²) in [6.45, 7) is 13.9. The number of nitrogens with zero attached hydrogens (tertiary/aromatic N) is 1. The lowest BCUT2D eigenvalue weighted by atomic mass is 9.78. The molecule has 1 aromatic heterocycles. The third-order valence-corrected chi connectivity index (χ3v) is 11.6. The van der Waals surface area contributed by atoms with E-state index < -0.39 is 0 Å². The third-order valence-electron chi connectivity index (χ3n) is 11.6. The molecule has 8 aromatic rings. The molecule has 0 radical (unpaired) electrons. The fourth-order valence-electron chi connectivity index (χ4n) is 8.50. The second-order valence-electron chi connectivity index (χ2n) is 17.4. The molecule has 2 nitrogen and oxygen atoms in total. The quantitative estimate of drug-likeness (QED) is 0.170. The van der Waals surface area contributed by atoms with Crippen molar-refractivity contribution in [2.45, 2.75) is 52.4 Å². The van der Waals surface area contributed by atoms with Gasteiger partial charge in [0.05, 0.1) is 11.4 Å². The number of hydrogen-bond acceptors (Lipinski definition) is 2. The van der Waals surface area contributed by atoms with Crippen molar-refractivity contribution in [3.63, 3.8) is 0 Å². The Morgan fingerprint density at radius 2 is 1.00 bits per heavy atom. The van der Waals surface area contributed by atoms with Crippen molar-refractivity contribution in [3.8, 4) is 44.5 Å². The van der Waals surface area contributed by atoms with Gasteiger partial charge in [-0.2, -0.15) is 0 Å². The molecule has 0 spiro atoms. The van der Waals surface area contributed by atoms with E-state index in [2.05, 4.69) is 198 Å². The van der Waals surface area contributed by atoms with E-state index in [4.69, 9.17) is 4.42 Å². The lowest BCUT2D eigenvalue weighted by molar-refractivity contribution is 0.569. The lowest BCUT2D eigenvalue weighted by Crippen LogP contribution is -2.16. The summed E-state index contributed by atoms with van der Waals surface area (Å²) >= 11 is 0. The zero-order valence-electron chi connectivity index (χ0n) is 32.9. The highest BCUT2D eigenvalue weighted by Crippen LogP contribution is 2.58. The molecule has 0 saturated heterocycles. The molecule has 2 heteroatoms. The van der Waals surface area contributed by atoms with Gasteiger partial charge in [0.15, 0.2) is 0 Å². The first-order valence-corrected chi connectivity index (χ1v) is 19.8. The molecular formula is C54H45NO. The number of benzene rings is 8. The fourth-order valence-corrected chi connectivity index (χ4v) is 8.50. The number of hydrogen-bond donors (Lipinski definition) is 0. The molecular weight excluding hydrogens is 679 g/mol. The standard InChI is InChI=1S/C54H45NO/c1-53(2,3)38-29-37(30-39(33-38)54(4,5)6)41-21-12-15-34-16-13-22-44(51(34)41)42-19-7-9-25-48(42)55(52-45-23-14-24-46(45)52)40-18-11-17-35(31-40)36-27-28-50-47(32-36)43-20-8-10-26-49(43)56-50/h7-33H,1-6H3. The Hall–Kier alpha value is -6.38. The van der Waals surface area contributed by atoms with Gasteiger partial charge in [-0.1, -0.05) is 169 Å². The van der Waals surface area contributed by atoms with E-state index in [1.165, 1.54) is 66.5 Å². The van der Waals surface area contributed by atoms with Gasteiger partial charge in [-0.3, -0.25) is 0 Å². The highest BCUT2D eigenvalue weighted by molar-refractivity contribution is 6.14. The summed E-state index contributed by atoms with van der Waals surface area (Å²) in [5, 5.41) is 4.79. The van der Waals surface area contributed by atoms with Crippen molar-refractivity contribution in [3.05, 3.63) is 175 Å². The van der Waals surface area contributed by atoms with Crippen molar-refractivity contribution in [1.82, 2.24) is 0 Å². The first-order valence-electron chi connectivity index (χ1n) is 19.8. The van der Waals surface area contributed by atoms with Gasteiger partial charge >= 0.3 is 0 Å². The molecule has 7 aromatic carbocycles. The van der Waals surface area contributed by atoms with Crippen molar-refractivity contribution in [2.75, 3.05) is 4.90 Å². The zero-order valence-corrected chi connectivity index (χ0v) is 32.9. The Kier molecular flexibility index (Phi) is 7.67. The van der Waals surface area contributed by atoms with E-state index in [0.29, 0.717) is 0 Å². The van der Waals surface area contributed by atoms with Crippen LogP contribution in [0.1, 0.15) is 52.7 Å². The third kappa shape index (κ3) is 5.71. The van der Waals surface area contributed by atoms with Crippen LogP contribution in [-0.2, 0) is 10.8 Å². The van der Waals surface area contributed by atoms with Crippen LogP contribution in [0.4, 0.5) is 17.1 Å². The maximum absolute atomic E-state index is 6.18. The van der Waals surface area contributed by atoms with Crippen LogP contribution in [-0.4, -0.2) is 0 Å². The monoisotopic (exact) mass is 723 g/mol. The van der Waals surface area contributed by atoms with Crippen molar-refractivity contribution in [2.24, 2.45) is 0 Å². The van der Waals surface area contributed by atoms with Gasteiger partial charge < -0.3 is 9.32 Å². The van der Waals surface area contributed by atoms with Gasteiger partial charge in [-0.15, -0.1) is 0 Å². The van der Waals surface area contributed by atoms with E-state index in [1.807, 2.05) is 12.1 Å². The van der Waals surface area contributed by atoms with Gasteiger partial charge in [-0.25, -0.2) is 0 Å². The maximum atomic E-state index is 6.18. The average Bonchev–Trinajstić information content (AvgIpc) is 3.48. The predicted octanol–water partition coefficient (Wildman–Crippen LogP) is 15.8. The molecule has 0 N–H and O–H groups in total. The Labute approximate surface area is 329 Å². The van der Waals surface area contributed by atoms with Crippen LogP contribution in [0.15, 0.2) is 168 Å². The summed E-state index contributed by atoms with van der Waals surface area (Å²) in [7, 11) is 0. The van der Waals surface area contributed by atoms with E-state index >= 15 is 0 Å². The maximum Gasteiger partial charge on any atom is 0.135 e. The van der Waals surface area contributed by atoms with Gasteiger partial charge in [-0.05, 0) is 96.9 Å². The Bertz CT molecular complexity index is 2940. The minimum absolute atomic E-state index is 0.0173. The topological polar surface area (TPSA) is 16.4 Å². The molecule has 56 heavy (non-hydrogen) atoms. The normalized spacial score (nSPS) is 12.5. The molecule has 0 unspecified atom stereocenters. The summed E-state index contributed by atoms with van der Waals surface area (Å²) in [6.07, 6.45) is 0. The van der Waals surface area contributed by atoms with Crippen molar-refractivity contribution >= 4 is 49.8 Å². The fraction of sp³-hybridized carbons (Fsp3) is 0.148. The van der Waals surface area contributed by atoms with Gasteiger partial charge in [0.1, 0.15) is 11.2 Å². The Morgan fingerprint density at radius 1 is 0.411 bits per heavy atom. The second kappa shape index (κ2) is 12.6. The van der Waals surface area contributed by atoms with Crippen LogP contribution < -0.4 is 4.90 Å². The minimum Gasteiger partial charge on any atom is -0.456 e. The summed E-state index contributed by atoms with van der Waals surface area (Å²) in [6, 6.07) is 60.3. The van der Waals surface area contributed by atoms with Crippen LogP contribution in [0.25, 0.3) is 77.2 Å². The van der Waals surface area contributed by atoms with Gasteiger partial charge in [0.25, 0.3) is 0 Å². The Morgan fingerprint density at radius 3 is 1.75 bits per heavy atom. The summed E-state index contributed by atoms with van der Waals surface area (Å²) < 4.78 is 6.18. The molecule has 0 aliphatic heterocycles. The van der Waals surface area contributed by atoms with Gasteiger partial charge in [0.2, 0.25) is 0 Å². The number of fused-ring (bicyclic) bond motifs is 5. The number of rotatable bonds is 6. The summed E-state index contributed by atoms with van der Waals surface area (Å²) in [5.41, 5.74) is 18.0. The average molecular weight is 724 g/mol. The smallest absolute Gasteiger partial charge is 0.135 e. The molecule has 0 bridgehead atoms. The lowest BCUT2D eigenvalue weighted by Gasteiger charge is -2.27. The van der Waals surface area contributed by atoms with Crippen LogP contribution in [0.3, 0.4) is 0 Å².